The van der Waals surface area contributed by atoms with E-state index in [1.165, 1.54) is 5.56 Å². The minimum absolute atomic E-state index is 0.121. The number of aryl methyl sites for hydroxylation is 1. The Balaban J connectivity index is 1.97. The van der Waals surface area contributed by atoms with Gasteiger partial charge in [-0.3, -0.25) is 0 Å². The Bertz CT molecular complexity index is 921. The molecule has 3 rings (SSSR count). The minimum atomic E-state index is -1.39. The van der Waals surface area contributed by atoms with Crippen molar-refractivity contribution in [3.63, 3.8) is 0 Å². The third kappa shape index (κ3) is 5.48. The fourth-order valence-electron chi connectivity index (χ4n) is 3.74. The first kappa shape index (κ1) is 23.7. The first-order valence-corrected chi connectivity index (χ1v) is 10.7. The first-order chi connectivity index (χ1) is 14.8. The van der Waals surface area contributed by atoms with E-state index in [-0.39, 0.29) is 13.2 Å². The Kier molecular flexibility index (Phi) is 8.12. The molecular formula is C25H28ClO5. The molecule has 2 aromatic rings. The summed E-state index contributed by atoms with van der Waals surface area (Å²) in [4.78, 5) is 0. The van der Waals surface area contributed by atoms with Crippen molar-refractivity contribution < 1.29 is 24.8 Å². The molecule has 0 aliphatic carbocycles. The molecule has 3 N–H and O–H groups in total. The average Bonchev–Trinajstić information content (AvgIpc) is 2.77. The molecule has 5 atom stereocenters. The highest BCUT2D eigenvalue weighted by molar-refractivity contribution is 6.31. The van der Waals surface area contributed by atoms with Crippen molar-refractivity contribution in [3.05, 3.63) is 76.2 Å². The molecule has 5 nitrogen and oxygen atoms in total. The summed E-state index contributed by atoms with van der Waals surface area (Å²) in [6.07, 6.45) is 1.02. The third-order valence-corrected chi connectivity index (χ3v) is 5.95. The topological polar surface area (TPSA) is 79.2 Å². The van der Waals surface area contributed by atoms with E-state index in [0.29, 0.717) is 22.6 Å². The van der Waals surface area contributed by atoms with Crippen LogP contribution in [0.25, 0.3) is 0 Å². The van der Waals surface area contributed by atoms with Gasteiger partial charge >= 0.3 is 0 Å². The van der Waals surface area contributed by atoms with Crippen molar-refractivity contribution in [3.8, 4) is 12.3 Å². The summed E-state index contributed by atoms with van der Waals surface area (Å²) in [6, 6.07) is 11.9. The smallest absolute Gasteiger partial charge is 0.113 e. The van der Waals surface area contributed by atoms with Crippen LogP contribution in [0.5, 0.6) is 0 Å². The van der Waals surface area contributed by atoms with Crippen LogP contribution in [-0.2, 0) is 28.9 Å². The van der Waals surface area contributed by atoms with Gasteiger partial charge in [0.15, 0.2) is 0 Å². The van der Waals surface area contributed by atoms with E-state index in [9.17, 15) is 15.3 Å². The van der Waals surface area contributed by atoms with E-state index in [1.807, 2.05) is 6.07 Å². The molecule has 165 valence electrons. The van der Waals surface area contributed by atoms with Crippen LogP contribution in [0, 0.1) is 19.3 Å². The Morgan fingerprint density at radius 3 is 2.39 bits per heavy atom. The van der Waals surface area contributed by atoms with E-state index in [4.69, 9.17) is 27.5 Å². The lowest BCUT2D eigenvalue weighted by Gasteiger charge is -2.40. The van der Waals surface area contributed by atoms with Crippen molar-refractivity contribution in [1.82, 2.24) is 0 Å². The lowest BCUT2D eigenvalue weighted by atomic mass is 9.88. The molecule has 1 aliphatic rings. The summed E-state index contributed by atoms with van der Waals surface area (Å²) in [6.45, 7) is 6.13. The van der Waals surface area contributed by atoms with Crippen LogP contribution in [-0.4, -0.2) is 46.3 Å². The molecule has 6 heteroatoms. The molecule has 1 radical (unpaired) electrons. The molecule has 2 aromatic carbocycles. The standard InChI is InChI=1S/C25H28ClO5/c1-4-10-30-14-19-13-21(26)18(11-17-8-6-16(5-2)7-9-17)12-20(19)25-24(29)23(28)22(27)15(3)31-25/h1,6-9,12-13,15,22-25,27-29H,3,5,10-11,14H2,2H3/t15?,22?,23-,24+,25-/m1/s1. The third-order valence-electron chi connectivity index (χ3n) is 5.60. The zero-order chi connectivity index (χ0) is 22.5. The second kappa shape index (κ2) is 10.6. The summed E-state index contributed by atoms with van der Waals surface area (Å²) in [5.74, 6) is 2.41. The molecule has 31 heavy (non-hydrogen) atoms. The number of terminal acetylenes is 1. The van der Waals surface area contributed by atoms with E-state index in [2.05, 4.69) is 44.0 Å². The largest absolute Gasteiger partial charge is 0.388 e. The van der Waals surface area contributed by atoms with Gasteiger partial charge < -0.3 is 24.8 Å². The number of hydrogen-bond donors (Lipinski definition) is 3. The van der Waals surface area contributed by atoms with Gasteiger partial charge in [0.2, 0.25) is 0 Å². The highest BCUT2D eigenvalue weighted by Crippen LogP contribution is 2.37. The summed E-state index contributed by atoms with van der Waals surface area (Å²) in [5, 5.41) is 31.4. The zero-order valence-electron chi connectivity index (χ0n) is 17.5. The normalized spacial score (nSPS) is 25.9. The Hall–Kier alpha value is -1.91. The van der Waals surface area contributed by atoms with E-state index in [1.54, 1.807) is 6.07 Å². The van der Waals surface area contributed by atoms with Crippen LogP contribution in [0.2, 0.25) is 5.02 Å². The monoisotopic (exact) mass is 443 g/mol. The SMILES string of the molecule is C#CCOCc1cc(Cl)c(Cc2ccc(CC)cc2)cc1[C@H]1OC([CH2])C(O)[C@@H](O)[C@@H]1O. The van der Waals surface area contributed by atoms with Crippen LogP contribution in [0.15, 0.2) is 36.4 Å². The first-order valence-electron chi connectivity index (χ1n) is 10.3. The van der Waals surface area contributed by atoms with Gasteiger partial charge in [-0.15, -0.1) is 6.42 Å². The van der Waals surface area contributed by atoms with Crippen molar-refractivity contribution in [2.75, 3.05) is 6.61 Å². The van der Waals surface area contributed by atoms with Gasteiger partial charge in [-0.25, -0.2) is 0 Å². The number of aliphatic hydroxyl groups is 3. The maximum atomic E-state index is 10.6. The number of ether oxygens (including phenoxy) is 2. The lowest BCUT2D eigenvalue weighted by Crippen LogP contribution is -2.53. The summed E-state index contributed by atoms with van der Waals surface area (Å²) >= 11 is 6.58. The van der Waals surface area contributed by atoms with Gasteiger partial charge in [0.05, 0.1) is 12.7 Å². The van der Waals surface area contributed by atoms with Crippen molar-refractivity contribution in [2.45, 2.75) is 56.9 Å². The number of halogens is 1. The summed E-state index contributed by atoms with van der Waals surface area (Å²) in [5.41, 5.74) is 4.50. The fourth-order valence-corrected chi connectivity index (χ4v) is 4.00. The molecule has 0 spiro atoms. The fraction of sp³-hybridized carbons (Fsp3) is 0.400. The number of hydrogen-bond acceptors (Lipinski definition) is 5. The lowest BCUT2D eigenvalue weighted by molar-refractivity contribution is -0.212. The second-order valence-electron chi connectivity index (χ2n) is 7.75. The predicted molar refractivity (Wildman–Crippen MR) is 120 cm³/mol. The van der Waals surface area contributed by atoms with Crippen LogP contribution in [0.1, 0.15) is 40.8 Å². The Morgan fingerprint density at radius 2 is 1.74 bits per heavy atom. The second-order valence-corrected chi connectivity index (χ2v) is 8.16. The molecule has 0 amide bonds. The molecule has 2 unspecified atom stereocenters. The quantitative estimate of drug-likeness (QED) is 0.453. The molecule has 0 aromatic heterocycles. The van der Waals surface area contributed by atoms with Crippen LogP contribution in [0.3, 0.4) is 0 Å². The molecule has 1 saturated heterocycles. The van der Waals surface area contributed by atoms with Crippen LogP contribution in [0.4, 0.5) is 0 Å². The summed E-state index contributed by atoms with van der Waals surface area (Å²) < 4.78 is 11.3. The molecule has 1 aliphatic heterocycles. The van der Waals surface area contributed by atoms with Gasteiger partial charge in [0.1, 0.15) is 31.0 Å². The van der Waals surface area contributed by atoms with Crippen LogP contribution < -0.4 is 0 Å². The predicted octanol–water partition coefficient (Wildman–Crippen LogP) is 3.00. The van der Waals surface area contributed by atoms with Gasteiger partial charge in [-0.2, -0.15) is 0 Å². The molecular weight excluding hydrogens is 416 g/mol. The number of rotatable bonds is 7. The molecule has 0 saturated carbocycles. The average molecular weight is 444 g/mol. The maximum absolute atomic E-state index is 10.6. The summed E-state index contributed by atoms with van der Waals surface area (Å²) in [7, 11) is 0. The van der Waals surface area contributed by atoms with Crippen molar-refractivity contribution >= 4 is 11.6 Å². The van der Waals surface area contributed by atoms with Gasteiger partial charge in [-0.1, -0.05) is 54.8 Å². The Morgan fingerprint density at radius 1 is 1.06 bits per heavy atom. The molecule has 1 heterocycles. The van der Waals surface area contributed by atoms with Gasteiger partial charge in [-0.05, 0) is 53.6 Å². The van der Waals surface area contributed by atoms with E-state index in [0.717, 1.165) is 17.5 Å². The van der Waals surface area contributed by atoms with Gasteiger partial charge in [0, 0.05) is 5.02 Å². The highest BCUT2D eigenvalue weighted by atomic mass is 35.5. The van der Waals surface area contributed by atoms with E-state index < -0.39 is 30.5 Å². The highest BCUT2D eigenvalue weighted by Gasteiger charge is 2.43. The molecule has 0 bridgehead atoms. The van der Waals surface area contributed by atoms with E-state index >= 15 is 0 Å². The van der Waals surface area contributed by atoms with Crippen LogP contribution >= 0.6 is 11.6 Å². The van der Waals surface area contributed by atoms with Crippen molar-refractivity contribution in [2.24, 2.45) is 0 Å². The van der Waals surface area contributed by atoms with Crippen molar-refractivity contribution in [1.29, 1.82) is 0 Å². The maximum Gasteiger partial charge on any atom is 0.113 e. The number of aliphatic hydroxyl groups excluding tert-OH is 3. The number of benzene rings is 2. The molecule has 1 fully saturated rings. The zero-order valence-corrected chi connectivity index (χ0v) is 18.3. The van der Waals surface area contributed by atoms with Gasteiger partial charge in [0.25, 0.3) is 0 Å². The minimum Gasteiger partial charge on any atom is -0.388 e. The Labute approximate surface area is 188 Å².